The number of aromatic nitrogens is 1. The minimum absolute atomic E-state index is 0.230. The summed E-state index contributed by atoms with van der Waals surface area (Å²) in [5.41, 5.74) is 8.84. The zero-order chi connectivity index (χ0) is 28.7. The van der Waals surface area contributed by atoms with Crippen molar-refractivity contribution in [3.8, 4) is 11.1 Å². The number of anilines is 1. The number of nitrogens with zero attached hydrogens (tertiary/aromatic N) is 2. The highest BCUT2D eigenvalue weighted by Gasteiger charge is 2.41. The van der Waals surface area contributed by atoms with E-state index in [0.717, 1.165) is 60.8 Å². The van der Waals surface area contributed by atoms with Crippen LogP contribution in [0.5, 0.6) is 0 Å². The lowest BCUT2D eigenvalue weighted by Crippen LogP contribution is -2.41. The Balaban J connectivity index is 1.68. The minimum atomic E-state index is -0.853. The average molecular weight is 548 g/mol. The second-order valence-corrected chi connectivity index (χ2v) is 13.6. The molecule has 1 atom stereocenters. The molecule has 218 valence electrons. The van der Waals surface area contributed by atoms with Crippen LogP contribution in [0.1, 0.15) is 107 Å². The summed E-state index contributed by atoms with van der Waals surface area (Å²) in [7, 11) is 0. The third-order valence-electron chi connectivity index (χ3n) is 9.06. The molecular weight excluding hydrogens is 498 g/mol. The quantitative estimate of drug-likeness (QED) is 0.394. The smallest absolute Gasteiger partial charge is 0.340 e. The van der Waals surface area contributed by atoms with Crippen LogP contribution in [-0.2, 0) is 27.2 Å². The number of pyridine rings is 1. The molecule has 1 spiro atoms. The molecule has 40 heavy (non-hydrogen) atoms. The number of piperidine rings is 1. The largest absolute Gasteiger partial charge is 0.461 e. The molecule has 0 amide bonds. The molecular formula is C34H49N3O3. The van der Waals surface area contributed by atoms with Crippen LogP contribution in [-0.4, -0.2) is 42.3 Å². The topological polar surface area (TPSA) is 63.7 Å². The number of esters is 1. The highest BCUT2D eigenvalue weighted by molar-refractivity contribution is 5.88. The van der Waals surface area contributed by atoms with E-state index in [1.807, 2.05) is 41.5 Å². The van der Waals surface area contributed by atoms with Crippen LogP contribution >= 0.6 is 0 Å². The molecule has 1 aromatic carbocycles. The van der Waals surface area contributed by atoms with E-state index >= 15 is 0 Å². The number of rotatable bonds is 6. The average Bonchev–Trinajstić information content (AvgIpc) is 3.34. The molecule has 1 aromatic heterocycles. The summed E-state index contributed by atoms with van der Waals surface area (Å²) >= 11 is 0. The summed E-state index contributed by atoms with van der Waals surface area (Å²) in [4.78, 5) is 21.4. The third kappa shape index (κ3) is 6.08. The van der Waals surface area contributed by atoms with Gasteiger partial charge in [-0.15, -0.1) is 0 Å². The monoisotopic (exact) mass is 547 g/mol. The van der Waals surface area contributed by atoms with E-state index in [1.165, 1.54) is 55.2 Å². The van der Waals surface area contributed by atoms with Gasteiger partial charge in [0, 0.05) is 42.1 Å². The van der Waals surface area contributed by atoms with Crippen LogP contribution in [0.2, 0.25) is 0 Å². The van der Waals surface area contributed by atoms with Crippen molar-refractivity contribution in [2.24, 2.45) is 5.41 Å². The standard InChI is InChI=1S/C34H49N3O3/c1-22(2)39-32(38)31(40-33(5,6)7)29-24(4)36-23(3)28(26-10-11-27-21-35-17-12-25(27)20-26)30(29)37-18-15-34(16-19-37)13-8-9-14-34/h10-11,20,22,31,35H,8-9,12-19,21H2,1-7H3. The Kier molecular flexibility index (Phi) is 8.32. The highest BCUT2D eigenvalue weighted by atomic mass is 16.6. The lowest BCUT2D eigenvalue weighted by molar-refractivity contribution is -0.171. The number of aryl methyl sites for hydroxylation is 2. The summed E-state index contributed by atoms with van der Waals surface area (Å²) in [5.74, 6) is -0.341. The van der Waals surface area contributed by atoms with Crippen molar-refractivity contribution in [3.05, 3.63) is 46.3 Å². The molecule has 1 saturated carbocycles. The van der Waals surface area contributed by atoms with Crippen molar-refractivity contribution in [2.45, 2.75) is 118 Å². The molecule has 2 fully saturated rings. The molecule has 2 aromatic rings. The number of hydrogen-bond acceptors (Lipinski definition) is 6. The molecule has 0 radical (unpaired) electrons. The van der Waals surface area contributed by atoms with Gasteiger partial charge in [0.05, 0.1) is 17.4 Å². The maximum Gasteiger partial charge on any atom is 0.340 e. The molecule has 5 rings (SSSR count). The van der Waals surface area contributed by atoms with Crippen LogP contribution < -0.4 is 10.2 Å². The van der Waals surface area contributed by atoms with Gasteiger partial charge < -0.3 is 19.7 Å². The Hall–Kier alpha value is -2.44. The Labute approximate surface area is 241 Å². The number of nitrogens with one attached hydrogen (secondary N) is 1. The molecule has 1 N–H and O–H groups in total. The van der Waals surface area contributed by atoms with Gasteiger partial charge in [-0.05, 0) is 109 Å². The van der Waals surface area contributed by atoms with Gasteiger partial charge in [0.2, 0.25) is 0 Å². The molecule has 6 heteroatoms. The lowest BCUT2D eigenvalue weighted by atomic mass is 9.76. The van der Waals surface area contributed by atoms with Gasteiger partial charge in [0.1, 0.15) is 0 Å². The highest BCUT2D eigenvalue weighted by Crippen LogP contribution is 2.50. The van der Waals surface area contributed by atoms with Crippen molar-refractivity contribution in [2.75, 3.05) is 24.5 Å². The summed E-state index contributed by atoms with van der Waals surface area (Å²) < 4.78 is 12.4. The second kappa shape index (κ2) is 11.4. The normalized spacial score (nSPS) is 19.6. The van der Waals surface area contributed by atoms with Gasteiger partial charge in [-0.3, -0.25) is 4.98 Å². The second-order valence-electron chi connectivity index (χ2n) is 13.6. The van der Waals surface area contributed by atoms with Gasteiger partial charge in [-0.25, -0.2) is 4.79 Å². The zero-order valence-electron chi connectivity index (χ0n) is 25.8. The van der Waals surface area contributed by atoms with Gasteiger partial charge in [0.15, 0.2) is 6.10 Å². The predicted octanol–water partition coefficient (Wildman–Crippen LogP) is 6.98. The van der Waals surface area contributed by atoms with E-state index in [4.69, 9.17) is 14.5 Å². The van der Waals surface area contributed by atoms with E-state index < -0.39 is 11.7 Å². The van der Waals surface area contributed by atoms with Crippen LogP contribution in [0, 0.1) is 19.3 Å². The van der Waals surface area contributed by atoms with Crippen molar-refractivity contribution in [1.82, 2.24) is 10.3 Å². The van der Waals surface area contributed by atoms with Crippen LogP contribution in [0.4, 0.5) is 5.69 Å². The minimum Gasteiger partial charge on any atom is -0.461 e. The summed E-state index contributed by atoms with van der Waals surface area (Å²) in [6, 6.07) is 6.86. The Bertz CT molecular complexity index is 1230. The SMILES string of the molecule is Cc1nc(C)c(C(OC(C)(C)C)C(=O)OC(C)C)c(N2CCC3(CCCC3)CC2)c1-c1ccc2c(c1)CCNC2. The molecule has 2 aliphatic heterocycles. The molecule has 1 aliphatic carbocycles. The number of benzene rings is 1. The van der Waals surface area contributed by atoms with Crippen LogP contribution in [0.25, 0.3) is 11.1 Å². The summed E-state index contributed by atoms with van der Waals surface area (Å²) in [6.07, 6.45) is 7.75. The molecule has 3 heterocycles. The first-order valence-electron chi connectivity index (χ1n) is 15.4. The first kappa shape index (κ1) is 29.1. The van der Waals surface area contributed by atoms with Crippen molar-refractivity contribution < 1.29 is 14.3 Å². The number of fused-ring (bicyclic) bond motifs is 1. The van der Waals surface area contributed by atoms with Gasteiger partial charge in [-0.1, -0.05) is 31.0 Å². The zero-order valence-corrected chi connectivity index (χ0v) is 25.8. The predicted molar refractivity (Wildman–Crippen MR) is 162 cm³/mol. The fourth-order valence-corrected chi connectivity index (χ4v) is 7.17. The van der Waals surface area contributed by atoms with E-state index in [9.17, 15) is 4.79 Å². The molecule has 0 bridgehead atoms. The molecule has 1 unspecified atom stereocenters. The molecule has 3 aliphatic rings. The van der Waals surface area contributed by atoms with E-state index in [-0.39, 0.29) is 12.1 Å². The Morgan fingerprint density at radius 2 is 1.73 bits per heavy atom. The van der Waals surface area contributed by atoms with Crippen molar-refractivity contribution >= 4 is 11.7 Å². The first-order chi connectivity index (χ1) is 19.0. The molecule has 6 nitrogen and oxygen atoms in total. The molecule has 1 saturated heterocycles. The summed E-state index contributed by atoms with van der Waals surface area (Å²) in [5, 5.41) is 3.49. The number of carbonyl (C=O) groups excluding carboxylic acids is 1. The Morgan fingerprint density at radius 3 is 2.38 bits per heavy atom. The third-order valence-corrected chi connectivity index (χ3v) is 9.06. The van der Waals surface area contributed by atoms with E-state index in [2.05, 4.69) is 35.3 Å². The maximum absolute atomic E-state index is 13.7. The fraction of sp³-hybridized carbons (Fsp3) is 0.647. The lowest BCUT2D eigenvalue weighted by Gasteiger charge is -2.43. The number of hydrogen-bond donors (Lipinski definition) is 1. The van der Waals surface area contributed by atoms with Crippen molar-refractivity contribution in [1.29, 1.82) is 0 Å². The maximum atomic E-state index is 13.7. The van der Waals surface area contributed by atoms with E-state index in [0.29, 0.717) is 5.41 Å². The Morgan fingerprint density at radius 1 is 1.02 bits per heavy atom. The van der Waals surface area contributed by atoms with Gasteiger partial charge in [0.25, 0.3) is 0 Å². The van der Waals surface area contributed by atoms with Crippen molar-refractivity contribution in [3.63, 3.8) is 0 Å². The van der Waals surface area contributed by atoms with Crippen LogP contribution in [0.15, 0.2) is 18.2 Å². The van der Waals surface area contributed by atoms with E-state index in [1.54, 1.807) is 0 Å². The fourth-order valence-electron chi connectivity index (χ4n) is 7.17. The van der Waals surface area contributed by atoms with Gasteiger partial charge >= 0.3 is 5.97 Å². The first-order valence-corrected chi connectivity index (χ1v) is 15.4. The number of carbonyl (C=O) groups is 1. The number of ether oxygens (including phenoxy) is 2. The van der Waals surface area contributed by atoms with Gasteiger partial charge in [-0.2, -0.15) is 0 Å². The summed E-state index contributed by atoms with van der Waals surface area (Å²) in [6.45, 7) is 17.8. The van der Waals surface area contributed by atoms with Crippen LogP contribution in [0.3, 0.4) is 0 Å².